The number of benzene rings is 3. The minimum Gasteiger partial charge on any atom is -0.457 e. The van der Waals surface area contributed by atoms with Crippen molar-refractivity contribution in [2.75, 3.05) is 0 Å². The van der Waals surface area contributed by atoms with E-state index >= 15 is 0 Å². The van der Waals surface area contributed by atoms with E-state index in [0.717, 1.165) is 17.7 Å². The second-order valence-corrected chi connectivity index (χ2v) is 7.99. The van der Waals surface area contributed by atoms with Crippen molar-refractivity contribution in [1.29, 1.82) is 0 Å². The molecule has 1 amide bonds. The van der Waals surface area contributed by atoms with Crippen molar-refractivity contribution in [3.63, 3.8) is 0 Å². The smallest absolute Gasteiger partial charge is 0.341 e. The lowest BCUT2D eigenvalue weighted by Crippen LogP contribution is -2.22. The minimum atomic E-state index is -4.68. The van der Waals surface area contributed by atoms with Gasteiger partial charge in [0.25, 0.3) is 5.91 Å². The topological polar surface area (TPSA) is 72.5 Å². The third-order valence-electron chi connectivity index (χ3n) is 4.01. The highest BCUT2D eigenvalue weighted by Crippen LogP contribution is 2.22. The number of amides is 1. The van der Waals surface area contributed by atoms with Crippen LogP contribution >= 0.6 is 0 Å². The van der Waals surface area contributed by atoms with Gasteiger partial charge in [-0.3, -0.25) is 4.79 Å². The van der Waals surface area contributed by atoms with Gasteiger partial charge >= 0.3 is 5.76 Å². The third kappa shape index (κ3) is 5.17. The van der Waals surface area contributed by atoms with E-state index in [1.807, 2.05) is 36.4 Å². The van der Waals surface area contributed by atoms with E-state index < -0.39 is 26.4 Å². The summed E-state index contributed by atoms with van der Waals surface area (Å²) >= 11 is 0. The van der Waals surface area contributed by atoms with Crippen LogP contribution in [0.4, 0.5) is 8.78 Å². The third-order valence-corrected chi connectivity index (χ3v) is 5.41. The van der Waals surface area contributed by atoms with Gasteiger partial charge in [0, 0.05) is 12.1 Å². The number of sulfone groups is 1. The predicted octanol–water partition coefficient (Wildman–Crippen LogP) is 4.41. The first-order valence-electron chi connectivity index (χ1n) is 8.58. The second kappa shape index (κ2) is 8.83. The Kier molecular flexibility index (Phi) is 6.23. The highest BCUT2D eigenvalue weighted by atomic mass is 32.2. The van der Waals surface area contributed by atoms with E-state index in [2.05, 4.69) is 5.32 Å². The van der Waals surface area contributed by atoms with Crippen LogP contribution in [-0.4, -0.2) is 20.1 Å². The fourth-order valence-electron chi connectivity index (χ4n) is 2.53. The van der Waals surface area contributed by atoms with Gasteiger partial charge in [0.05, 0.1) is 4.90 Å². The monoisotopic (exact) mass is 417 g/mol. The Morgan fingerprint density at radius 3 is 2.21 bits per heavy atom. The number of ether oxygens (including phenoxy) is 1. The molecule has 3 aromatic rings. The Morgan fingerprint density at radius 1 is 0.897 bits per heavy atom. The van der Waals surface area contributed by atoms with E-state index in [-0.39, 0.29) is 12.1 Å². The Balaban J connectivity index is 1.63. The van der Waals surface area contributed by atoms with E-state index in [4.69, 9.17) is 4.74 Å². The van der Waals surface area contributed by atoms with Gasteiger partial charge in [0.15, 0.2) is 0 Å². The summed E-state index contributed by atoms with van der Waals surface area (Å²) in [5, 5.41) is 2.70. The minimum absolute atomic E-state index is 0.162. The van der Waals surface area contributed by atoms with Gasteiger partial charge in [-0.2, -0.15) is 8.78 Å². The molecule has 0 aliphatic rings. The lowest BCUT2D eigenvalue weighted by molar-refractivity contribution is 0.0950. The van der Waals surface area contributed by atoms with Crippen molar-refractivity contribution >= 4 is 15.7 Å². The lowest BCUT2D eigenvalue weighted by Gasteiger charge is -2.09. The molecule has 0 aromatic heterocycles. The van der Waals surface area contributed by atoms with Gasteiger partial charge in [0.1, 0.15) is 11.5 Å². The Hall–Kier alpha value is -3.26. The van der Waals surface area contributed by atoms with Crippen LogP contribution in [-0.2, 0) is 16.4 Å². The highest BCUT2D eigenvalue weighted by Gasteiger charge is 2.26. The van der Waals surface area contributed by atoms with E-state index in [1.54, 1.807) is 18.2 Å². The predicted molar refractivity (Wildman–Crippen MR) is 104 cm³/mol. The van der Waals surface area contributed by atoms with Gasteiger partial charge in [-0.25, -0.2) is 8.42 Å². The van der Waals surface area contributed by atoms with E-state index in [9.17, 15) is 22.0 Å². The van der Waals surface area contributed by atoms with Crippen molar-refractivity contribution in [3.8, 4) is 11.5 Å². The van der Waals surface area contributed by atoms with Crippen LogP contribution in [0.3, 0.4) is 0 Å². The summed E-state index contributed by atoms with van der Waals surface area (Å²) in [6, 6.07) is 20.8. The number of alkyl halides is 2. The molecule has 0 unspecified atom stereocenters. The lowest BCUT2D eigenvalue weighted by atomic mass is 10.2. The Bertz CT molecular complexity index is 1090. The molecule has 3 rings (SSSR count). The Labute approximate surface area is 166 Å². The molecule has 0 bridgehead atoms. The standard InChI is InChI=1S/C21H17F2NO4S/c22-21(23)29(26,27)19-11-9-16(10-12-19)20(25)24-14-15-5-4-8-18(13-15)28-17-6-2-1-3-7-17/h1-13,21H,14H2,(H,24,25). The van der Waals surface area contributed by atoms with Gasteiger partial charge in [-0.1, -0.05) is 30.3 Å². The normalized spacial score (nSPS) is 11.3. The molecule has 0 saturated heterocycles. The van der Waals surface area contributed by atoms with Crippen molar-refractivity contribution in [1.82, 2.24) is 5.32 Å². The van der Waals surface area contributed by atoms with Crippen LogP contribution in [0.1, 0.15) is 15.9 Å². The summed E-state index contributed by atoms with van der Waals surface area (Å²) in [7, 11) is -4.68. The summed E-state index contributed by atoms with van der Waals surface area (Å²) in [5.41, 5.74) is 0.957. The van der Waals surface area contributed by atoms with Crippen LogP contribution in [0.25, 0.3) is 0 Å². The molecule has 3 aromatic carbocycles. The molecule has 0 radical (unpaired) electrons. The maximum atomic E-state index is 12.6. The SMILES string of the molecule is O=C(NCc1cccc(Oc2ccccc2)c1)c1ccc(S(=O)(=O)C(F)F)cc1. The average Bonchev–Trinajstić information content (AvgIpc) is 2.73. The number of para-hydroxylation sites is 1. The first-order valence-corrected chi connectivity index (χ1v) is 10.1. The number of nitrogens with one attached hydrogen (secondary N) is 1. The van der Waals surface area contributed by atoms with Gasteiger partial charge in [0.2, 0.25) is 9.84 Å². The molecule has 0 heterocycles. The molecule has 8 heteroatoms. The van der Waals surface area contributed by atoms with Crippen LogP contribution in [0.15, 0.2) is 83.8 Å². The maximum absolute atomic E-state index is 12.6. The van der Waals surface area contributed by atoms with Crippen LogP contribution in [0, 0.1) is 0 Å². The fraction of sp³-hybridized carbons (Fsp3) is 0.0952. The largest absolute Gasteiger partial charge is 0.457 e. The van der Waals surface area contributed by atoms with Crippen molar-refractivity contribution in [3.05, 3.63) is 90.0 Å². The maximum Gasteiger partial charge on any atom is 0.341 e. The van der Waals surface area contributed by atoms with Gasteiger partial charge in [-0.05, 0) is 54.1 Å². The van der Waals surface area contributed by atoms with Crippen molar-refractivity contribution in [2.24, 2.45) is 0 Å². The number of hydrogen-bond donors (Lipinski definition) is 1. The molecule has 0 fully saturated rings. The molecular weight excluding hydrogens is 400 g/mol. The summed E-state index contributed by atoms with van der Waals surface area (Å²) in [5.74, 6) is -2.66. The van der Waals surface area contributed by atoms with Gasteiger partial charge < -0.3 is 10.1 Å². The van der Waals surface area contributed by atoms with Crippen LogP contribution in [0.5, 0.6) is 11.5 Å². The highest BCUT2D eigenvalue weighted by molar-refractivity contribution is 7.91. The zero-order chi connectivity index (χ0) is 20.9. The van der Waals surface area contributed by atoms with Crippen molar-refractivity contribution in [2.45, 2.75) is 17.2 Å². The van der Waals surface area contributed by atoms with Crippen LogP contribution < -0.4 is 10.1 Å². The summed E-state index contributed by atoms with van der Waals surface area (Å²) in [6.07, 6.45) is 0. The molecule has 5 nitrogen and oxygen atoms in total. The number of carbonyl (C=O) groups excluding carboxylic acids is 1. The number of halogens is 2. The molecule has 0 spiro atoms. The zero-order valence-corrected chi connectivity index (χ0v) is 15.9. The number of rotatable bonds is 7. The Morgan fingerprint density at radius 2 is 1.55 bits per heavy atom. The van der Waals surface area contributed by atoms with E-state index in [1.165, 1.54) is 12.1 Å². The molecule has 0 saturated carbocycles. The quantitative estimate of drug-likeness (QED) is 0.618. The second-order valence-electron chi connectivity index (χ2n) is 6.08. The first kappa shape index (κ1) is 20.5. The molecule has 0 aliphatic carbocycles. The fourth-order valence-corrected chi connectivity index (χ4v) is 3.25. The summed E-state index contributed by atoms with van der Waals surface area (Å²) < 4.78 is 53.7. The van der Waals surface area contributed by atoms with Crippen molar-refractivity contribution < 1.29 is 26.7 Å². The van der Waals surface area contributed by atoms with Gasteiger partial charge in [-0.15, -0.1) is 0 Å². The molecule has 0 aliphatic heterocycles. The summed E-state index contributed by atoms with van der Waals surface area (Å²) in [6.45, 7) is 0.210. The molecule has 0 atom stereocenters. The number of carbonyl (C=O) groups is 1. The molecule has 150 valence electrons. The first-order chi connectivity index (χ1) is 13.9. The van der Waals surface area contributed by atoms with E-state index in [0.29, 0.717) is 11.5 Å². The zero-order valence-electron chi connectivity index (χ0n) is 15.1. The summed E-state index contributed by atoms with van der Waals surface area (Å²) in [4.78, 5) is 11.7. The van der Waals surface area contributed by atoms with Crippen LogP contribution in [0.2, 0.25) is 0 Å². The molecular formula is C21H17F2NO4S. The molecule has 29 heavy (non-hydrogen) atoms. The number of hydrogen-bond acceptors (Lipinski definition) is 4. The average molecular weight is 417 g/mol. The molecule has 1 N–H and O–H groups in total.